The highest BCUT2D eigenvalue weighted by atomic mass is 16.1. The molecule has 4 rings (SSSR count). The number of imidazole rings is 1. The molecule has 0 atom stereocenters. The predicted octanol–water partition coefficient (Wildman–Crippen LogP) is 4.25. The van der Waals surface area contributed by atoms with E-state index in [1.54, 1.807) is 12.5 Å². The summed E-state index contributed by atoms with van der Waals surface area (Å²) in [7, 11) is 1.90. The number of para-hydroxylation sites is 1. The van der Waals surface area contributed by atoms with Crippen molar-refractivity contribution in [2.24, 2.45) is 7.05 Å². The maximum atomic E-state index is 13.6. The summed E-state index contributed by atoms with van der Waals surface area (Å²) in [4.78, 5) is 17.7. The Balaban J connectivity index is 2.02. The first-order valence-electron chi connectivity index (χ1n) is 9.28. The third-order valence-electron chi connectivity index (χ3n) is 4.82. The molecule has 0 fully saturated rings. The van der Waals surface area contributed by atoms with Gasteiger partial charge in [-0.2, -0.15) is 0 Å². The Morgan fingerprint density at radius 3 is 2.46 bits per heavy atom. The maximum absolute atomic E-state index is 13.6. The second-order valence-electron chi connectivity index (χ2n) is 7.11. The van der Waals surface area contributed by atoms with Gasteiger partial charge in [0.15, 0.2) is 0 Å². The summed E-state index contributed by atoms with van der Waals surface area (Å²) in [6.07, 6.45) is 3.43. The van der Waals surface area contributed by atoms with Gasteiger partial charge in [0, 0.05) is 24.0 Å². The first-order chi connectivity index (χ1) is 13.6. The van der Waals surface area contributed by atoms with Crippen molar-refractivity contribution in [3.63, 3.8) is 0 Å². The Labute approximate surface area is 164 Å². The van der Waals surface area contributed by atoms with E-state index in [2.05, 4.69) is 36.7 Å². The van der Waals surface area contributed by atoms with E-state index < -0.39 is 0 Å². The average molecular weight is 367 g/mol. The first-order valence-corrected chi connectivity index (χ1v) is 9.28. The van der Waals surface area contributed by atoms with E-state index in [9.17, 15) is 4.79 Å². The number of rotatable bonds is 2. The lowest BCUT2D eigenvalue weighted by Crippen LogP contribution is -2.23. The molecular formula is C24H21N3O. The molecule has 0 radical (unpaired) electrons. The minimum Gasteiger partial charge on any atom is -0.327 e. The van der Waals surface area contributed by atoms with Crippen molar-refractivity contribution in [2.45, 2.75) is 19.8 Å². The van der Waals surface area contributed by atoms with Gasteiger partial charge in [0.25, 0.3) is 5.56 Å². The molecule has 0 bridgehead atoms. The van der Waals surface area contributed by atoms with Crippen LogP contribution in [0.4, 0.5) is 0 Å². The number of nitrogens with zero attached hydrogens (tertiary/aromatic N) is 3. The summed E-state index contributed by atoms with van der Waals surface area (Å²) < 4.78 is 3.67. The number of fused-ring (bicyclic) bond motifs is 1. The fourth-order valence-corrected chi connectivity index (χ4v) is 3.36. The van der Waals surface area contributed by atoms with E-state index in [1.165, 1.54) is 0 Å². The second kappa shape index (κ2) is 7.21. The number of aromatic nitrogens is 3. The van der Waals surface area contributed by atoms with Gasteiger partial charge in [0.1, 0.15) is 5.69 Å². The lowest BCUT2D eigenvalue weighted by molar-refractivity contribution is 0.765. The predicted molar refractivity (Wildman–Crippen MR) is 113 cm³/mol. The van der Waals surface area contributed by atoms with Crippen LogP contribution in [-0.2, 0) is 7.05 Å². The van der Waals surface area contributed by atoms with Gasteiger partial charge >= 0.3 is 0 Å². The van der Waals surface area contributed by atoms with Crippen LogP contribution >= 0.6 is 0 Å². The molecule has 0 aliphatic rings. The maximum Gasteiger partial charge on any atom is 0.264 e. The largest absolute Gasteiger partial charge is 0.327 e. The van der Waals surface area contributed by atoms with Crippen molar-refractivity contribution in [1.82, 2.24) is 14.1 Å². The summed E-state index contributed by atoms with van der Waals surface area (Å²) >= 11 is 0. The summed E-state index contributed by atoms with van der Waals surface area (Å²) in [6, 6.07) is 17.7. The zero-order chi connectivity index (χ0) is 19.7. The van der Waals surface area contributed by atoms with Crippen molar-refractivity contribution in [3.05, 3.63) is 94.4 Å². The van der Waals surface area contributed by atoms with Gasteiger partial charge in [0.2, 0.25) is 0 Å². The lowest BCUT2D eigenvalue weighted by atomic mass is 10.0. The highest BCUT2D eigenvalue weighted by Gasteiger charge is 2.15. The highest BCUT2D eigenvalue weighted by Crippen LogP contribution is 2.23. The zero-order valence-corrected chi connectivity index (χ0v) is 16.2. The van der Waals surface area contributed by atoms with Crippen molar-refractivity contribution >= 4 is 10.8 Å². The summed E-state index contributed by atoms with van der Waals surface area (Å²) in [5.41, 5.74) is 3.35. The Hall–Kier alpha value is -3.58. The molecule has 2 aromatic heterocycles. The van der Waals surface area contributed by atoms with E-state index in [1.807, 2.05) is 64.7 Å². The Bertz CT molecular complexity index is 1270. The van der Waals surface area contributed by atoms with Crippen molar-refractivity contribution in [3.8, 4) is 17.5 Å². The summed E-state index contributed by atoms with van der Waals surface area (Å²) in [6.45, 7) is 4.21. The van der Waals surface area contributed by atoms with E-state index >= 15 is 0 Å². The van der Waals surface area contributed by atoms with Crippen LogP contribution in [0.1, 0.15) is 36.7 Å². The molecule has 138 valence electrons. The summed E-state index contributed by atoms with van der Waals surface area (Å²) in [5, 5.41) is 1.56. The molecule has 2 heterocycles. The Morgan fingerprint density at radius 2 is 1.79 bits per heavy atom. The van der Waals surface area contributed by atoms with Gasteiger partial charge in [0.05, 0.1) is 17.9 Å². The van der Waals surface area contributed by atoms with E-state index in [-0.39, 0.29) is 11.5 Å². The third-order valence-corrected chi connectivity index (χ3v) is 4.82. The molecule has 0 saturated carbocycles. The first kappa shape index (κ1) is 17.8. The smallest absolute Gasteiger partial charge is 0.264 e. The Kier molecular flexibility index (Phi) is 4.58. The molecule has 4 heteroatoms. The minimum absolute atomic E-state index is 0.0395. The Morgan fingerprint density at radius 1 is 1.00 bits per heavy atom. The van der Waals surface area contributed by atoms with E-state index in [0.29, 0.717) is 5.39 Å². The molecular weight excluding hydrogens is 346 g/mol. The number of benzene rings is 2. The van der Waals surface area contributed by atoms with Gasteiger partial charge in [-0.25, -0.2) is 4.98 Å². The van der Waals surface area contributed by atoms with E-state index in [4.69, 9.17) is 0 Å². The number of hydrogen-bond donors (Lipinski definition) is 0. The number of pyridine rings is 1. The molecule has 4 nitrogen and oxygen atoms in total. The van der Waals surface area contributed by atoms with Crippen LogP contribution in [0.25, 0.3) is 16.5 Å². The molecule has 4 aromatic rings. The summed E-state index contributed by atoms with van der Waals surface area (Å²) in [5.74, 6) is 6.51. The van der Waals surface area contributed by atoms with E-state index in [0.717, 1.165) is 28.0 Å². The number of aryl methyl sites for hydroxylation is 1. The average Bonchev–Trinajstić information content (AvgIpc) is 3.11. The third kappa shape index (κ3) is 3.12. The fraction of sp³-hybridized carbons (Fsp3) is 0.167. The molecule has 0 saturated heterocycles. The lowest BCUT2D eigenvalue weighted by Gasteiger charge is -2.17. The van der Waals surface area contributed by atoms with Crippen LogP contribution in [0, 0.1) is 11.8 Å². The van der Waals surface area contributed by atoms with Gasteiger partial charge in [-0.3, -0.25) is 9.36 Å². The van der Waals surface area contributed by atoms with Gasteiger partial charge < -0.3 is 4.57 Å². The van der Waals surface area contributed by atoms with Crippen molar-refractivity contribution in [1.29, 1.82) is 0 Å². The SMILES string of the molecule is CC(C)c1cc2cccc(C#Cc3cncn3C)c2c(=O)n1-c1ccccc1. The molecule has 28 heavy (non-hydrogen) atoms. The molecule has 0 amide bonds. The van der Waals surface area contributed by atoms with Crippen LogP contribution in [0.15, 0.2) is 71.9 Å². The molecule has 0 unspecified atom stereocenters. The van der Waals surface area contributed by atoms with Crippen LogP contribution in [-0.4, -0.2) is 14.1 Å². The molecule has 2 aromatic carbocycles. The quantitative estimate of drug-likeness (QED) is 0.497. The van der Waals surface area contributed by atoms with Crippen LogP contribution in [0.5, 0.6) is 0 Å². The van der Waals surface area contributed by atoms with Gasteiger partial charge in [-0.15, -0.1) is 0 Å². The van der Waals surface area contributed by atoms with Gasteiger partial charge in [-0.05, 0) is 41.5 Å². The molecule has 0 spiro atoms. The van der Waals surface area contributed by atoms with Crippen LogP contribution in [0.2, 0.25) is 0 Å². The van der Waals surface area contributed by atoms with Gasteiger partial charge in [-0.1, -0.05) is 50.1 Å². The molecule has 0 N–H and O–H groups in total. The zero-order valence-electron chi connectivity index (χ0n) is 16.2. The fourth-order valence-electron chi connectivity index (χ4n) is 3.36. The number of hydrogen-bond acceptors (Lipinski definition) is 2. The van der Waals surface area contributed by atoms with Crippen molar-refractivity contribution < 1.29 is 0 Å². The van der Waals surface area contributed by atoms with Crippen LogP contribution < -0.4 is 5.56 Å². The molecule has 0 aliphatic carbocycles. The monoisotopic (exact) mass is 367 g/mol. The normalized spacial score (nSPS) is 10.9. The molecule has 0 aliphatic heterocycles. The van der Waals surface area contributed by atoms with Crippen molar-refractivity contribution in [2.75, 3.05) is 0 Å². The highest BCUT2D eigenvalue weighted by molar-refractivity contribution is 5.88. The topological polar surface area (TPSA) is 39.8 Å². The van der Waals surface area contributed by atoms with Crippen LogP contribution in [0.3, 0.4) is 0 Å². The minimum atomic E-state index is -0.0395. The standard InChI is InChI=1S/C24H21N3O/c1-17(2)22-14-19-9-7-8-18(12-13-21-15-25-16-26(21)3)23(19)24(28)27(22)20-10-5-4-6-11-20/h4-11,14-17H,1-3H3. The second-order valence-corrected chi connectivity index (χ2v) is 7.11.